The topological polar surface area (TPSA) is 0 Å². The Bertz CT molecular complexity index is 306. The third-order valence-electron chi connectivity index (χ3n) is 2.11. The molecule has 0 heterocycles. The molecule has 1 rings (SSSR count). The van der Waals surface area contributed by atoms with Crippen LogP contribution in [0.5, 0.6) is 0 Å². The summed E-state index contributed by atoms with van der Waals surface area (Å²) in [6.45, 7) is 4.53. The van der Waals surface area contributed by atoms with E-state index in [4.69, 9.17) is 0 Å². The minimum atomic E-state index is 0.661. The summed E-state index contributed by atoms with van der Waals surface area (Å²) in [7, 11) is 0. The van der Waals surface area contributed by atoms with Crippen LogP contribution in [0.2, 0.25) is 5.32 Å². The third kappa shape index (κ3) is 5.79. The van der Waals surface area contributed by atoms with Crippen LogP contribution in [0.4, 0.5) is 0 Å². The molecule has 88 valence electrons. The Morgan fingerprint density at radius 2 is 2.00 bits per heavy atom. The van der Waals surface area contributed by atoms with E-state index in [1.54, 1.807) is 3.80 Å². The van der Waals surface area contributed by atoms with E-state index < -0.39 is 0 Å². The zero-order chi connectivity index (χ0) is 11.6. The summed E-state index contributed by atoms with van der Waals surface area (Å²) < 4.78 is 1.59. The molecule has 0 unspecified atom stereocenters. The Morgan fingerprint density at radius 1 is 1.25 bits per heavy atom. The van der Waals surface area contributed by atoms with Gasteiger partial charge in [-0.25, -0.2) is 0 Å². The van der Waals surface area contributed by atoms with Crippen molar-refractivity contribution in [3.05, 3.63) is 39.7 Å². The molecular formula is C14H20SSe. The number of rotatable bonds is 7. The molecule has 1 aromatic carbocycles. The molecule has 1 aromatic rings. The van der Waals surface area contributed by atoms with Crippen molar-refractivity contribution in [3.8, 4) is 0 Å². The molecule has 0 amide bonds. The van der Waals surface area contributed by atoms with E-state index >= 15 is 0 Å². The van der Waals surface area contributed by atoms with Gasteiger partial charge < -0.3 is 0 Å². The van der Waals surface area contributed by atoms with E-state index in [1.807, 2.05) is 0 Å². The maximum atomic E-state index is 2.36. The van der Waals surface area contributed by atoms with Crippen LogP contribution in [0.15, 0.2) is 34.1 Å². The van der Waals surface area contributed by atoms with E-state index in [-0.39, 0.29) is 0 Å². The van der Waals surface area contributed by atoms with Crippen molar-refractivity contribution in [3.63, 3.8) is 0 Å². The van der Waals surface area contributed by atoms with E-state index in [2.05, 4.69) is 62.0 Å². The van der Waals surface area contributed by atoms with E-state index in [1.165, 1.54) is 29.5 Å². The predicted octanol–water partition coefficient (Wildman–Crippen LogP) is 4.66. The maximum absolute atomic E-state index is 2.36. The van der Waals surface area contributed by atoms with Gasteiger partial charge in [-0.2, -0.15) is 0 Å². The second-order valence-electron chi connectivity index (χ2n) is 3.51. The van der Waals surface area contributed by atoms with Gasteiger partial charge >= 0.3 is 110 Å². The summed E-state index contributed by atoms with van der Waals surface area (Å²) in [6.07, 6.45) is 4.99. The van der Waals surface area contributed by atoms with Crippen molar-refractivity contribution in [1.82, 2.24) is 0 Å². The average molecular weight is 299 g/mol. The molecule has 2 heteroatoms. The number of unbranched alkanes of at least 4 members (excludes halogenated alkanes) is 1. The zero-order valence-electron chi connectivity index (χ0n) is 10.1. The molecule has 0 radical (unpaired) electrons. The molecule has 0 fully saturated rings. The molecule has 0 bridgehead atoms. The standard InChI is InChI=1S/C14H20SSe/c1-3-5-11-15-14(16-4-2)12-13-9-7-6-8-10-13/h6-10,12H,3-5,11H2,1-2H3/b14-12+. The Hall–Kier alpha value is -0.171. The molecule has 0 saturated carbocycles. The summed E-state index contributed by atoms with van der Waals surface area (Å²) in [5, 5.41) is 1.30. The first-order valence-electron chi connectivity index (χ1n) is 5.89. The van der Waals surface area contributed by atoms with Crippen molar-refractivity contribution in [2.75, 3.05) is 5.75 Å². The summed E-state index contributed by atoms with van der Waals surface area (Å²) >= 11 is 2.72. The molecule has 0 aliphatic heterocycles. The number of hydrogen-bond acceptors (Lipinski definition) is 1. The van der Waals surface area contributed by atoms with Crippen molar-refractivity contribution in [2.45, 2.75) is 32.0 Å². The number of thioether (sulfide) groups is 1. The average Bonchev–Trinajstić information content (AvgIpc) is 2.31. The molecule has 16 heavy (non-hydrogen) atoms. The fourth-order valence-corrected chi connectivity index (χ4v) is 4.93. The minimum absolute atomic E-state index is 0.661. The molecule has 0 N–H and O–H groups in total. The van der Waals surface area contributed by atoms with Crippen LogP contribution in [-0.4, -0.2) is 20.7 Å². The van der Waals surface area contributed by atoms with Crippen LogP contribution in [0.1, 0.15) is 32.3 Å². The van der Waals surface area contributed by atoms with Crippen molar-refractivity contribution >= 4 is 32.8 Å². The Balaban J connectivity index is 2.58. The summed E-state index contributed by atoms with van der Waals surface area (Å²) in [5.41, 5.74) is 1.34. The van der Waals surface area contributed by atoms with E-state index in [0.717, 1.165) is 0 Å². The SMILES string of the molecule is CCCCS/C(=C\c1ccccc1)[Se]CC. The van der Waals surface area contributed by atoms with Gasteiger partial charge in [0.25, 0.3) is 0 Å². The second kappa shape index (κ2) is 8.92. The van der Waals surface area contributed by atoms with Crippen molar-refractivity contribution < 1.29 is 0 Å². The first-order chi connectivity index (χ1) is 7.86. The van der Waals surface area contributed by atoms with Gasteiger partial charge in [-0.05, 0) is 0 Å². The molecule has 0 atom stereocenters. The van der Waals surface area contributed by atoms with Crippen LogP contribution in [0, 0.1) is 0 Å². The molecule has 0 saturated heterocycles. The van der Waals surface area contributed by atoms with Crippen molar-refractivity contribution in [1.29, 1.82) is 0 Å². The van der Waals surface area contributed by atoms with Gasteiger partial charge in [-0.3, -0.25) is 0 Å². The molecule has 0 aliphatic rings. The van der Waals surface area contributed by atoms with Gasteiger partial charge in [0.1, 0.15) is 0 Å². The Morgan fingerprint density at radius 3 is 2.62 bits per heavy atom. The van der Waals surface area contributed by atoms with Crippen LogP contribution in [0.25, 0.3) is 6.08 Å². The van der Waals surface area contributed by atoms with Crippen LogP contribution >= 0.6 is 11.8 Å². The Kier molecular flexibility index (Phi) is 7.75. The van der Waals surface area contributed by atoms with Gasteiger partial charge in [0.05, 0.1) is 0 Å². The Labute approximate surface area is 110 Å². The number of hydrogen-bond donors (Lipinski definition) is 0. The first kappa shape index (κ1) is 13.9. The predicted molar refractivity (Wildman–Crippen MR) is 78.0 cm³/mol. The van der Waals surface area contributed by atoms with Crippen LogP contribution in [-0.2, 0) is 0 Å². The van der Waals surface area contributed by atoms with Crippen molar-refractivity contribution in [2.24, 2.45) is 0 Å². The molecule has 0 aromatic heterocycles. The second-order valence-corrected chi connectivity index (χ2v) is 7.97. The quantitative estimate of drug-likeness (QED) is 0.521. The van der Waals surface area contributed by atoms with E-state index in [0.29, 0.717) is 15.0 Å². The van der Waals surface area contributed by atoms with Gasteiger partial charge in [0, 0.05) is 0 Å². The van der Waals surface area contributed by atoms with Gasteiger partial charge in [0.15, 0.2) is 0 Å². The molecule has 0 nitrogen and oxygen atoms in total. The normalized spacial score (nSPS) is 11.8. The molecular weight excluding hydrogens is 279 g/mol. The zero-order valence-corrected chi connectivity index (χ0v) is 12.6. The third-order valence-corrected chi connectivity index (χ3v) is 5.81. The van der Waals surface area contributed by atoms with Gasteiger partial charge in [-0.15, -0.1) is 0 Å². The van der Waals surface area contributed by atoms with Crippen LogP contribution in [0.3, 0.4) is 0 Å². The fraction of sp³-hybridized carbons (Fsp3) is 0.429. The first-order valence-corrected chi connectivity index (χ1v) is 8.94. The van der Waals surface area contributed by atoms with E-state index in [9.17, 15) is 0 Å². The summed E-state index contributed by atoms with van der Waals surface area (Å²) in [5.74, 6) is 1.27. The summed E-state index contributed by atoms with van der Waals surface area (Å²) in [4.78, 5) is 0. The molecule has 0 spiro atoms. The molecule has 0 aliphatic carbocycles. The number of benzene rings is 1. The monoisotopic (exact) mass is 300 g/mol. The summed E-state index contributed by atoms with van der Waals surface area (Å²) in [6, 6.07) is 10.7. The fourth-order valence-electron chi connectivity index (χ4n) is 1.27. The van der Waals surface area contributed by atoms with Gasteiger partial charge in [0.2, 0.25) is 0 Å². The van der Waals surface area contributed by atoms with Gasteiger partial charge in [-0.1, -0.05) is 0 Å². The van der Waals surface area contributed by atoms with Crippen LogP contribution < -0.4 is 0 Å².